The molecular formula is C21H34N4. The van der Waals surface area contributed by atoms with Gasteiger partial charge in [0.25, 0.3) is 0 Å². The molecule has 138 valence electrons. The maximum absolute atomic E-state index is 6.10. The van der Waals surface area contributed by atoms with Crippen LogP contribution in [-0.4, -0.2) is 32.7 Å². The van der Waals surface area contributed by atoms with Crippen LogP contribution in [0.15, 0.2) is 47.8 Å². The Bertz CT molecular complexity index is 574. The first-order valence-electron chi connectivity index (χ1n) is 9.54. The van der Waals surface area contributed by atoms with Gasteiger partial charge in [0.1, 0.15) is 0 Å². The number of benzene rings is 1. The van der Waals surface area contributed by atoms with Gasteiger partial charge in [-0.2, -0.15) is 0 Å². The third-order valence-electron chi connectivity index (χ3n) is 4.85. The molecule has 2 rings (SSSR count). The van der Waals surface area contributed by atoms with Crippen molar-refractivity contribution in [1.29, 1.82) is 0 Å². The van der Waals surface area contributed by atoms with Gasteiger partial charge in [-0.15, -0.1) is 0 Å². The van der Waals surface area contributed by atoms with E-state index in [4.69, 9.17) is 5.73 Å². The van der Waals surface area contributed by atoms with Crippen LogP contribution in [-0.2, 0) is 0 Å². The fraction of sp³-hybridized carbons (Fsp3) is 0.524. The summed E-state index contributed by atoms with van der Waals surface area (Å²) in [5.74, 6) is 0. The van der Waals surface area contributed by atoms with Gasteiger partial charge < -0.3 is 21.3 Å². The van der Waals surface area contributed by atoms with E-state index in [1.54, 1.807) is 0 Å². The number of hydrogen-bond donors (Lipinski definition) is 3. The van der Waals surface area contributed by atoms with Gasteiger partial charge in [0.2, 0.25) is 0 Å². The molecule has 4 N–H and O–H groups in total. The van der Waals surface area contributed by atoms with Crippen LogP contribution in [0.5, 0.6) is 0 Å². The van der Waals surface area contributed by atoms with Gasteiger partial charge in [0.05, 0.1) is 0 Å². The summed E-state index contributed by atoms with van der Waals surface area (Å²) in [5, 5.41) is 6.92. The summed E-state index contributed by atoms with van der Waals surface area (Å²) in [6.07, 6.45) is 4.51. The van der Waals surface area contributed by atoms with Crippen molar-refractivity contribution in [2.45, 2.75) is 39.5 Å². The molecule has 1 aliphatic carbocycles. The first-order valence-corrected chi connectivity index (χ1v) is 9.54. The minimum atomic E-state index is 0.881. The summed E-state index contributed by atoms with van der Waals surface area (Å²) in [6, 6.07) is 8.75. The Hall–Kier alpha value is -1.94. The maximum Gasteiger partial charge on any atom is 0.0366 e. The van der Waals surface area contributed by atoms with E-state index in [0.717, 1.165) is 57.0 Å². The Kier molecular flexibility index (Phi) is 7.86. The molecule has 4 nitrogen and oxygen atoms in total. The molecular weight excluding hydrogens is 308 g/mol. The van der Waals surface area contributed by atoms with Crippen LogP contribution < -0.4 is 21.3 Å². The lowest BCUT2D eigenvalue weighted by molar-refractivity contribution is 0.625. The number of rotatable bonds is 10. The first kappa shape index (κ1) is 19.4. The molecule has 0 saturated carbocycles. The molecule has 0 aliphatic heterocycles. The molecule has 0 spiro atoms. The Morgan fingerprint density at radius 2 is 1.84 bits per heavy atom. The summed E-state index contributed by atoms with van der Waals surface area (Å²) < 4.78 is 0. The number of nitrogens with two attached hydrogens (primary N) is 1. The van der Waals surface area contributed by atoms with E-state index in [9.17, 15) is 0 Å². The number of nitrogens with one attached hydrogen (secondary N) is 2. The van der Waals surface area contributed by atoms with Crippen LogP contribution in [0.1, 0.15) is 38.2 Å². The second-order valence-corrected chi connectivity index (χ2v) is 6.78. The van der Waals surface area contributed by atoms with Crippen LogP contribution in [0.4, 0.5) is 5.69 Å². The molecule has 0 bridgehead atoms. The normalized spacial score (nSPS) is 14.5. The number of likely N-dealkylation sites (N-methyl/N-ethyl adjacent to an activating group) is 1. The summed E-state index contributed by atoms with van der Waals surface area (Å²) in [6.45, 7) is 13.3. The van der Waals surface area contributed by atoms with Crippen molar-refractivity contribution in [3.8, 4) is 0 Å². The fourth-order valence-corrected chi connectivity index (χ4v) is 3.25. The Morgan fingerprint density at radius 1 is 1.12 bits per heavy atom. The van der Waals surface area contributed by atoms with Gasteiger partial charge in [-0.3, -0.25) is 0 Å². The zero-order valence-electron chi connectivity index (χ0n) is 15.9. The SMILES string of the molecule is C=C(NCCNCCN(CC)c1ccc(C)cc1)C1=C(N)CCCC1. The Balaban J connectivity index is 1.64. The van der Waals surface area contributed by atoms with Crippen molar-refractivity contribution in [2.75, 3.05) is 37.6 Å². The highest BCUT2D eigenvalue weighted by Gasteiger charge is 2.12. The van der Waals surface area contributed by atoms with Crippen molar-refractivity contribution >= 4 is 5.69 Å². The van der Waals surface area contributed by atoms with Crippen molar-refractivity contribution in [1.82, 2.24) is 10.6 Å². The van der Waals surface area contributed by atoms with E-state index in [-0.39, 0.29) is 0 Å². The van der Waals surface area contributed by atoms with Crippen molar-refractivity contribution in [3.63, 3.8) is 0 Å². The van der Waals surface area contributed by atoms with E-state index in [1.165, 1.54) is 29.7 Å². The van der Waals surface area contributed by atoms with Gasteiger partial charge in [-0.25, -0.2) is 0 Å². The molecule has 0 heterocycles. The molecule has 0 fully saturated rings. The highest BCUT2D eigenvalue weighted by molar-refractivity contribution is 5.47. The van der Waals surface area contributed by atoms with E-state index < -0.39 is 0 Å². The first-order chi connectivity index (χ1) is 12.1. The molecule has 4 heteroatoms. The molecule has 1 aromatic carbocycles. The average Bonchev–Trinajstić information content (AvgIpc) is 2.62. The van der Waals surface area contributed by atoms with Crippen LogP contribution >= 0.6 is 0 Å². The van der Waals surface area contributed by atoms with Crippen molar-refractivity contribution < 1.29 is 0 Å². The second kappa shape index (κ2) is 10.1. The van der Waals surface area contributed by atoms with Crippen LogP contribution in [0, 0.1) is 6.92 Å². The fourth-order valence-electron chi connectivity index (χ4n) is 3.25. The van der Waals surface area contributed by atoms with Gasteiger partial charge in [-0.1, -0.05) is 24.3 Å². The number of nitrogens with zero attached hydrogens (tertiary/aromatic N) is 1. The Labute approximate surface area is 153 Å². The summed E-state index contributed by atoms with van der Waals surface area (Å²) in [4.78, 5) is 2.40. The molecule has 1 aromatic rings. The van der Waals surface area contributed by atoms with E-state index >= 15 is 0 Å². The summed E-state index contributed by atoms with van der Waals surface area (Å²) in [5.41, 5.74) is 12.0. The Morgan fingerprint density at radius 3 is 2.52 bits per heavy atom. The topological polar surface area (TPSA) is 53.3 Å². The quantitative estimate of drug-likeness (QED) is 0.571. The summed E-state index contributed by atoms with van der Waals surface area (Å²) in [7, 11) is 0. The van der Waals surface area contributed by atoms with Crippen LogP contribution in [0.3, 0.4) is 0 Å². The van der Waals surface area contributed by atoms with Crippen LogP contribution in [0.25, 0.3) is 0 Å². The summed E-state index contributed by atoms with van der Waals surface area (Å²) >= 11 is 0. The zero-order valence-corrected chi connectivity index (χ0v) is 15.9. The molecule has 0 saturated heterocycles. The highest BCUT2D eigenvalue weighted by Crippen LogP contribution is 2.24. The number of anilines is 1. The van der Waals surface area contributed by atoms with Gasteiger partial charge >= 0.3 is 0 Å². The molecule has 0 amide bonds. The van der Waals surface area contributed by atoms with Gasteiger partial charge in [0, 0.05) is 49.8 Å². The predicted molar refractivity (Wildman–Crippen MR) is 109 cm³/mol. The van der Waals surface area contributed by atoms with E-state index in [1.807, 2.05) is 0 Å². The molecule has 0 aromatic heterocycles. The maximum atomic E-state index is 6.10. The van der Waals surface area contributed by atoms with E-state index in [0.29, 0.717) is 0 Å². The largest absolute Gasteiger partial charge is 0.402 e. The molecule has 0 radical (unpaired) electrons. The minimum Gasteiger partial charge on any atom is -0.402 e. The van der Waals surface area contributed by atoms with Crippen molar-refractivity contribution in [2.24, 2.45) is 5.73 Å². The predicted octanol–water partition coefficient (Wildman–Crippen LogP) is 3.30. The monoisotopic (exact) mass is 342 g/mol. The third kappa shape index (κ3) is 6.13. The molecule has 0 unspecified atom stereocenters. The zero-order chi connectivity index (χ0) is 18.1. The van der Waals surface area contributed by atoms with Crippen LogP contribution in [0.2, 0.25) is 0 Å². The number of aryl methyl sites for hydroxylation is 1. The standard InChI is InChI=1S/C21H34N4/c1-4-25(19-11-9-17(2)10-12-19)16-15-23-13-14-24-18(3)20-7-5-6-8-21(20)22/h9-12,23-24H,3-8,13-16,22H2,1-2H3. The average molecular weight is 343 g/mol. The molecule has 0 atom stereocenters. The lowest BCUT2D eigenvalue weighted by atomic mass is 9.95. The number of allylic oxidation sites excluding steroid dienone is 2. The van der Waals surface area contributed by atoms with Gasteiger partial charge in [-0.05, 0) is 57.2 Å². The number of hydrogen-bond acceptors (Lipinski definition) is 4. The lowest BCUT2D eigenvalue weighted by Crippen LogP contribution is -2.35. The van der Waals surface area contributed by atoms with E-state index in [2.05, 4.69) is 60.2 Å². The van der Waals surface area contributed by atoms with Crippen molar-refractivity contribution in [3.05, 3.63) is 53.4 Å². The molecule has 1 aliphatic rings. The second-order valence-electron chi connectivity index (χ2n) is 6.78. The highest BCUT2D eigenvalue weighted by atomic mass is 15.1. The minimum absolute atomic E-state index is 0.881. The third-order valence-corrected chi connectivity index (χ3v) is 4.85. The lowest BCUT2D eigenvalue weighted by Gasteiger charge is -2.24. The van der Waals surface area contributed by atoms with Gasteiger partial charge in [0.15, 0.2) is 0 Å². The smallest absolute Gasteiger partial charge is 0.0366 e. The molecule has 25 heavy (non-hydrogen) atoms.